The molecule has 1 aromatic rings. The molecular weight excluding hydrogens is 355 g/mol. The topological polar surface area (TPSA) is 79.3 Å². The quantitative estimate of drug-likeness (QED) is 0.770. The smallest absolute Gasteiger partial charge is 0.304 e. The highest BCUT2D eigenvalue weighted by molar-refractivity contribution is 5.78. The van der Waals surface area contributed by atoms with Crippen molar-refractivity contribution in [2.75, 3.05) is 39.4 Å². The Balaban J connectivity index is 1.46. The van der Waals surface area contributed by atoms with Gasteiger partial charge >= 0.3 is 5.97 Å². The SMILES string of the molecule is O=C(O)CCN1CCC(N2C[C@@H](COc3ccc(F)cc3)OCC2=O)CC1. The molecule has 2 aliphatic heterocycles. The number of halogens is 1. The fourth-order valence-electron chi connectivity index (χ4n) is 3.53. The van der Waals surface area contributed by atoms with Crippen LogP contribution in [0.4, 0.5) is 4.39 Å². The Morgan fingerprint density at radius 1 is 1.26 bits per heavy atom. The van der Waals surface area contributed by atoms with E-state index in [1.165, 1.54) is 12.1 Å². The summed E-state index contributed by atoms with van der Waals surface area (Å²) in [6, 6.07) is 5.95. The minimum Gasteiger partial charge on any atom is -0.491 e. The Bertz CT molecular complexity index is 646. The number of nitrogens with zero attached hydrogens (tertiary/aromatic N) is 2. The Hall–Kier alpha value is -2.19. The highest BCUT2D eigenvalue weighted by Crippen LogP contribution is 2.21. The number of benzene rings is 1. The van der Waals surface area contributed by atoms with Gasteiger partial charge in [0.25, 0.3) is 0 Å². The maximum Gasteiger partial charge on any atom is 0.304 e. The number of aliphatic carboxylic acids is 1. The third-order valence-electron chi connectivity index (χ3n) is 5.05. The first-order valence-electron chi connectivity index (χ1n) is 9.25. The molecule has 0 unspecified atom stereocenters. The first kappa shape index (κ1) is 19.6. The number of piperidine rings is 1. The molecule has 0 spiro atoms. The number of carbonyl (C=O) groups excluding carboxylic acids is 1. The van der Waals surface area contributed by atoms with Crippen molar-refractivity contribution in [3.8, 4) is 5.75 Å². The van der Waals surface area contributed by atoms with Crippen molar-refractivity contribution in [1.29, 1.82) is 0 Å². The predicted molar refractivity (Wildman–Crippen MR) is 95.1 cm³/mol. The van der Waals surface area contributed by atoms with Crippen molar-refractivity contribution in [2.24, 2.45) is 0 Å². The lowest BCUT2D eigenvalue weighted by Crippen LogP contribution is -2.55. The van der Waals surface area contributed by atoms with Crippen LogP contribution in [0.3, 0.4) is 0 Å². The summed E-state index contributed by atoms with van der Waals surface area (Å²) in [6.45, 7) is 2.94. The molecule has 7 nitrogen and oxygen atoms in total. The largest absolute Gasteiger partial charge is 0.491 e. The molecule has 1 N–H and O–H groups in total. The van der Waals surface area contributed by atoms with E-state index in [4.69, 9.17) is 14.6 Å². The third kappa shape index (κ3) is 5.64. The van der Waals surface area contributed by atoms with Crippen LogP contribution < -0.4 is 4.74 Å². The van der Waals surface area contributed by atoms with E-state index in [2.05, 4.69) is 4.90 Å². The molecule has 2 saturated heterocycles. The number of likely N-dealkylation sites (tertiary alicyclic amines) is 1. The molecule has 1 amide bonds. The summed E-state index contributed by atoms with van der Waals surface area (Å²) in [4.78, 5) is 27.0. The van der Waals surface area contributed by atoms with E-state index in [0.29, 0.717) is 25.4 Å². The normalized spacial score (nSPS) is 22.0. The van der Waals surface area contributed by atoms with Crippen LogP contribution >= 0.6 is 0 Å². The van der Waals surface area contributed by atoms with Crippen LogP contribution in [-0.4, -0.2) is 78.3 Å². The van der Waals surface area contributed by atoms with Crippen molar-refractivity contribution in [3.05, 3.63) is 30.1 Å². The van der Waals surface area contributed by atoms with Gasteiger partial charge in [-0.2, -0.15) is 0 Å². The van der Waals surface area contributed by atoms with Crippen molar-refractivity contribution < 1.29 is 28.6 Å². The zero-order valence-electron chi connectivity index (χ0n) is 15.2. The number of amides is 1. The first-order valence-corrected chi connectivity index (χ1v) is 9.25. The van der Waals surface area contributed by atoms with E-state index in [0.717, 1.165) is 25.9 Å². The summed E-state index contributed by atoms with van der Waals surface area (Å²) in [5.41, 5.74) is 0. The Morgan fingerprint density at radius 2 is 1.96 bits per heavy atom. The molecule has 8 heteroatoms. The van der Waals surface area contributed by atoms with E-state index in [1.807, 2.05) is 4.90 Å². The Morgan fingerprint density at radius 3 is 2.63 bits per heavy atom. The molecule has 0 bridgehead atoms. The van der Waals surface area contributed by atoms with Crippen LogP contribution in [-0.2, 0) is 14.3 Å². The minimum atomic E-state index is -0.788. The average molecular weight is 380 g/mol. The van der Waals surface area contributed by atoms with E-state index in [-0.39, 0.29) is 36.9 Å². The molecule has 2 heterocycles. The molecular formula is C19H25FN2O5. The molecule has 1 atom stereocenters. The number of carboxylic acids is 1. The van der Waals surface area contributed by atoms with Gasteiger partial charge in [0.2, 0.25) is 5.91 Å². The molecule has 2 aliphatic rings. The second-order valence-corrected chi connectivity index (χ2v) is 6.96. The van der Waals surface area contributed by atoms with Gasteiger partial charge in [0.15, 0.2) is 0 Å². The lowest BCUT2D eigenvalue weighted by molar-refractivity contribution is -0.155. The van der Waals surface area contributed by atoms with Crippen molar-refractivity contribution >= 4 is 11.9 Å². The van der Waals surface area contributed by atoms with Crippen molar-refractivity contribution in [1.82, 2.24) is 9.80 Å². The summed E-state index contributed by atoms with van der Waals surface area (Å²) >= 11 is 0. The lowest BCUT2D eigenvalue weighted by Gasteiger charge is -2.42. The number of ether oxygens (including phenoxy) is 2. The molecule has 148 valence electrons. The first-order chi connectivity index (χ1) is 13.0. The molecule has 1 aromatic carbocycles. The van der Waals surface area contributed by atoms with Gasteiger partial charge in [-0.25, -0.2) is 4.39 Å². The van der Waals surface area contributed by atoms with Gasteiger partial charge in [0.1, 0.15) is 30.9 Å². The van der Waals surface area contributed by atoms with Gasteiger partial charge < -0.3 is 24.4 Å². The van der Waals surface area contributed by atoms with E-state index >= 15 is 0 Å². The summed E-state index contributed by atoms with van der Waals surface area (Å²) in [5.74, 6) is -0.556. The average Bonchev–Trinajstić information content (AvgIpc) is 2.67. The third-order valence-corrected chi connectivity index (χ3v) is 5.05. The van der Waals surface area contributed by atoms with Gasteiger partial charge in [-0.15, -0.1) is 0 Å². The molecule has 0 aliphatic carbocycles. The number of carbonyl (C=O) groups is 2. The zero-order chi connectivity index (χ0) is 19.2. The van der Waals surface area contributed by atoms with Crippen LogP contribution in [0.2, 0.25) is 0 Å². The summed E-state index contributed by atoms with van der Waals surface area (Å²) in [5, 5.41) is 8.79. The number of hydrogen-bond acceptors (Lipinski definition) is 5. The van der Waals surface area contributed by atoms with Gasteiger partial charge in [-0.3, -0.25) is 9.59 Å². The van der Waals surface area contributed by atoms with Gasteiger partial charge in [-0.1, -0.05) is 0 Å². The second kappa shape index (κ2) is 9.14. The van der Waals surface area contributed by atoms with E-state index in [9.17, 15) is 14.0 Å². The van der Waals surface area contributed by atoms with Crippen LogP contribution in [0, 0.1) is 5.82 Å². The maximum absolute atomic E-state index is 12.9. The van der Waals surface area contributed by atoms with Crippen molar-refractivity contribution in [3.63, 3.8) is 0 Å². The van der Waals surface area contributed by atoms with E-state index < -0.39 is 5.97 Å². The fourth-order valence-corrected chi connectivity index (χ4v) is 3.53. The standard InChI is InChI=1S/C19H25FN2O5/c20-14-1-3-16(4-2-14)26-12-17-11-22(18(23)13-27-17)15-5-8-21(9-6-15)10-7-19(24)25/h1-4,15,17H,5-13H2,(H,24,25)/t17-/m0/s1. The minimum absolute atomic E-state index is 0.0166. The van der Waals surface area contributed by atoms with Crippen molar-refractivity contribution in [2.45, 2.75) is 31.4 Å². The fraction of sp³-hybridized carbons (Fsp3) is 0.579. The maximum atomic E-state index is 12.9. The molecule has 0 aromatic heterocycles. The van der Waals surface area contributed by atoms with E-state index in [1.54, 1.807) is 12.1 Å². The zero-order valence-corrected chi connectivity index (χ0v) is 15.2. The number of carboxylic acid groups (broad SMARTS) is 1. The number of rotatable bonds is 7. The second-order valence-electron chi connectivity index (χ2n) is 6.96. The Labute approximate surface area is 157 Å². The molecule has 3 rings (SSSR count). The van der Waals surface area contributed by atoms with Crippen LogP contribution in [0.1, 0.15) is 19.3 Å². The molecule has 2 fully saturated rings. The summed E-state index contributed by atoms with van der Waals surface area (Å²) in [6.07, 6.45) is 1.58. The van der Waals surface area contributed by atoms with Gasteiger partial charge in [0.05, 0.1) is 13.0 Å². The molecule has 0 saturated carbocycles. The highest BCUT2D eigenvalue weighted by Gasteiger charge is 2.33. The predicted octanol–water partition coefficient (Wildman–Crippen LogP) is 1.37. The number of hydrogen-bond donors (Lipinski definition) is 1. The summed E-state index contributed by atoms with van der Waals surface area (Å²) in [7, 11) is 0. The van der Waals surface area contributed by atoms with Crippen LogP contribution in [0.5, 0.6) is 5.75 Å². The molecule has 27 heavy (non-hydrogen) atoms. The summed E-state index contributed by atoms with van der Waals surface area (Å²) < 4.78 is 24.2. The Kier molecular flexibility index (Phi) is 6.63. The lowest BCUT2D eigenvalue weighted by atomic mass is 10.0. The highest BCUT2D eigenvalue weighted by atomic mass is 19.1. The van der Waals surface area contributed by atoms with Crippen LogP contribution in [0.15, 0.2) is 24.3 Å². The van der Waals surface area contributed by atoms with Crippen LogP contribution in [0.25, 0.3) is 0 Å². The molecule has 0 radical (unpaired) electrons. The monoisotopic (exact) mass is 380 g/mol. The van der Waals surface area contributed by atoms with Gasteiger partial charge in [0, 0.05) is 25.7 Å². The number of morpholine rings is 1. The van der Waals surface area contributed by atoms with Gasteiger partial charge in [-0.05, 0) is 37.1 Å².